The third kappa shape index (κ3) is 32.0. The van der Waals surface area contributed by atoms with E-state index >= 15 is 0 Å². The van der Waals surface area contributed by atoms with E-state index in [-0.39, 0.29) is 39.6 Å². The van der Waals surface area contributed by atoms with Crippen LogP contribution in [0.3, 0.4) is 0 Å². The minimum atomic E-state index is -6.09. The standard InChI is InChI=1S/2C20H15N5.4CHF3O3S.2CH4O.2Fe.O/c2*1-3-13-21-15(7-1)17-9-5-11-19(23-17)25-20-12-6-10-18(24-20)16-8-2-4-14-22-16;4*2-1(3,4)8(5,6)7;2*1-2;;;/h2*1-14H,(H,23,24,25);4*(H,5,6,7);2*2H,1H3;;;/q;;;;;;;;2*+3;-2/p-4. The average molecular weight is 1440 g/mol. The first-order chi connectivity index (χ1) is 39.8. The van der Waals surface area contributed by atoms with E-state index in [1.807, 2.05) is 146 Å². The van der Waals surface area contributed by atoms with Crippen LogP contribution in [0.4, 0.5) is 76.0 Å². The third-order valence-corrected chi connectivity index (χ3v) is 10.6. The van der Waals surface area contributed by atoms with E-state index in [4.69, 9.17) is 62.1 Å². The van der Waals surface area contributed by atoms with Gasteiger partial charge in [-0.3, -0.25) is 19.9 Å². The van der Waals surface area contributed by atoms with Gasteiger partial charge in [0.1, 0.15) is 23.3 Å². The first kappa shape index (κ1) is 85.7. The minimum Gasteiger partial charge on any atom is -2.00 e. The number of nitrogens with zero attached hydrogens (tertiary/aromatic N) is 8. The number of rotatable bonds is 8. The van der Waals surface area contributed by atoms with Crippen molar-refractivity contribution in [1.29, 1.82) is 0 Å². The van der Waals surface area contributed by atoms with Crippen molar-refractivity contribution in [3.05, 3.63) is 170 Å². The second kappa shape index (κ2) is 38.8. The second-order valence-electron chi connectivity index (χ2n) is 14.3. The Labute approximate surface area is 518 Å². The van der Waals surface area contributed by atoms with Crippen LogP contribution in [-0.2, 0) is 80.1 Å². The molecule has 8 heterocycles. The van der Waals surface area contributed by atoms with Crippen molar-refractivity contribution in [2.45, 2.75) is 22.0 Å². The number of aliphatic hydroxyl groups excluding tert-OH is 2. The molecule has 0 spiro atoms. The molecule has 0 atom stereocenters. The van der Waals surface area contributed by atoms with Gasteiger partial charge in [0, 0.05) is 39.0 Å². The zero-order valence-corrected chi connectivity index (χ0v) is 49.3. The zero-order chi connectivity index (χ0) is 65.8. The van der Waals surface area contributed by atoms with Crippen molar-refractivity contribution in [2.24, 2.45) is 0 Å². The topological polar surface area (TPSA) is 425 Å². The maximum absolute atomic E-state index is 10.7. The van der Waals surface area contributed by atoms with Crippen LogP contribution < -0.4 is 10.6 Å². The number of aliphatic hydroxyl groups is 2. The Bertz CT molecular complexity index is 3310. The summed E-state index contributed by atoms with van der Waals surface area (Å²) < 4.78 is 236. The van der Waals surface area contributed by atoms with Gasteiger partial charge < -0.3 is 44.5 Å². The van der Waals surface area contributed by atoms with E-state index in [0.29, 0.717) is 23.3 Å². The molecular formula is C46H38F12Fe2N10O15S4. The Hall–Kier alpha value is -7.48. The fourth-order valence-corrected chi connectivity index (χ4v) is 4.91. The van der Waals surface area contributed by atoms with Crippen molar-refractivity contribution in [1.82, 2.24) is 39.9 Å². The van der Waals surface area contributed by atoms with Crippen molar-refractivity contribution in [2.75, 3.05) is 24.9 Å². The maximum Gasteiger partial charge on any atom is 3.00 e. The van der Waals surface area contributed by atoms with E-state index in [2.05, 4.69) is 50.5 Å². The molecule has 0 aliphatic rings. The number of aromatic nitrogens is 8. The number of alkyl halides is 12. The van der Waals surface area contributed by atoms with Crippen LogP contribution in [0.25, 0.3) is 45.6 Å². The fraction of sp³-hybridized carbons (Fsp3) is 0.130. The van der Waals surface area contributed by atoms with Crippen LogP contribution in [0, 0.1) is 0 Å². The molecule has 0 unspecified atom stereocenters. The summed E-state index contributed by atoms with van der Waals surface area (Å²) in [6.07, 6.45) is 7.04. The molecule has 8 rings (SSSR count). The summed E-state index contributed by atoms with van der Waals surface area (Å²) in [6.45, 7) is 0. The number of hydrogen-bond acceptors (Lipinski definition) is 24. The Kier molecular flexibility index (Phi) is 37.4. The molecule has 25 nitrogen and oxygen atoms in total. The number of halogens is 12. The quantitative estimate of drug-likeness (QED) is 0.0484. The summed E-state index contributed by atoms with van der Waals surface area (Å²) in [4.78, 5) is 35.8. The first-order valence-electron chi connectivity index (χ1n) is 21.8. The number of nitrogens with one attached hydrogen (secondary N) is 2. The van der Waals surface area contributed by atoms with Crippen molar-refractivity contribution in [3.63, 3.8) is 0 Å². The molecule has 43 heteroatoms. The summed E-state index contributed by atoms with van der Waals surface area (Å²) in [5.74, 6) is 2.87. The van der Waals surface area contributed by atoms with Gasteiger partial charge in [0.15, 0.2) is 40.5 Å². The van der Waals surface area contributed by atoms with Crippen LogP contribution in [0.15, 0.2) is 170 Å². The van der Waals surface area contributed by atoms with Gasteiger partial charge in [-0.25, -0.2) is 53.6 Å². The maximum atomic E-state index is 10.7. The summed E-state index contributed by atoms with van der Waals surface area (Å²) in [7, 11) is -22.4. The van der Waals surface area contributed by atoms with E-state index in [1.54, 1.807) is 24.8 Å². The molecule has 0 aromatic carbocycles. The zero-order valence-electron chi connectivity index (χ0n) is 43.8. The Morgan fingerprint density at radius 1 is 0.303 bits per heavy atom. The fourth-order valence-electron chi connectivity index (χ4n) is 4.91. The van der Waals surface area contributed by atoms with Crippen molar-refractivity contribution < 1.29 is 154 Å². The SMILES string of the molecule is CO.CO.O=S(=O)([O-])C(F)(F)F.O=S(=O)([O-])C(F)(F)F.O=S(=O)([O-])C(F)(F)F.O=S(=O)([O-])C(F)(F)F.[Fe+3].[Fe+3].[O-2].c1ccc(-c2cccc(Nc3cccc(-c4ccccn4)n3)n2)nc1.c1ccc(-c2cccc(Nc3cccc(-c4ccccn4)n3)n2)nc1. The average Bonchev–Trinajstić information content (AvgIpc) is 3.65. The molecule has 8 aromatic rings. The molecule has 0 aliphatic heterocycles. The van der Waals surface area contributed by atoms with Gasteiger partial charge in [0.25, 0.3) is 0 Å². The largest absolute Gasteiger partial charge is 3.00 e. The molecule has 0 saturated heterocycles. The summed E-state index contributed by atoms with van der Waals surface area (Å²) in [6, 6.07) is 46.2. The molecule has 4 N–H and O–H groups in total. The van der Waals surface area contributed by atoms with Crippen LogP contribution in [0.1, 0.15) is 0 Å². The smallest absolute Gasteiger partial charge is 2.00 e. The molecule has 0 fully saturated rings. The van der Waals surface area contributed by atoms with Crippen LogP contribution in [0.5, 0.6) is 0 Å². The molecule has 8 aromatic heterocycles. The number of hydrogen-bond donors (Lipinski definition) is 4. The molecule has 0 bridgehead atoms. The van der Waals surface area contributed by atoms with Crippen molar-refractivity contribution in [3.8, 4) is 45.6 Å². The number of anilines is 4. The van der Waals surface area contributed by atoms with E-state index in [1.165, 1.54) is 0 Å². The number of pyridine rings is 8. The summed E-state index contributed by atoms with van der Waals surface area (Å²) in [5.41, 5.74) is -16.0. The van der Waals surface area contributed by atoms with Gasteiger partial charge in [0.2, 0.25) is 0 Å². The Balaban J connectivity index is -0.00000107. The van der Waals surface area contributed by atoms with Crippen LogP contribution in [0.2, 0.25) is 0 Å². The van der Waals surface area contributed by atoms with E-state index in [0.717, 1.165) is 59.8 Å². The summed E-state index contributed by atoms with van der Waals surface area (Å²) >= 11 is 0. The van der Waals surface area contributed by atoms with Gasteiger partial charge in [-0.05, 0) is 97.1 Å². The van der Waals surface area contributed by atoms with Gasteiger partial charge in [-0.1, -0.05) is 48.5 Å². The molecule has 486 valence electrons. The van der Waals surface area contributed by atoms with Gasteiger partial charge >= 0.3 is 56.2 Å². The second-order valence-corrected chi connectivity index (χ2v) is 19.8. The van der Waals surface area contributed by atoms with Gasteiger partial charge in [0.05, 0.1) is 45.6 Å². The Morgan fingerprint density at radius 3 is 0.573 bits per heavy atom. The van der Waals surface area contributed by atoms with Crippen LogP contribution >= 0.6 is 0 Å². The molecule has 2 radical (unpaired) electrons. The monoisotopic (exact) mass is 1440 g/mol. The molecule has 0 aliphatic carbocycles. The Morgan fingerprint density at radius 2 is 0.449 bits per heavy atom. The normalized spacial score (nSPS) is 11.0. The van der Waals surface area contributed by atoms with E-state index in [9.17, 15) is 52.7 Å². The first-order valence-corrected chi connectivity index (χ1v) is 27.5. The minimum absolute atomic E-state index is 0. The van der Waals surface area contributed by atoms with Crippen LogP contribution in [-0.4, -0.2) is 138 Å². The predicted octanol–water partition coefficient (Wildman–Crippen LogP) is 7.99. The van der Waals surface area contributed by atoms with Gasteiger partial charge in [-0.15, -0.1) is 0 Å². The molecular weight excluding hydrogens is 1400 g/mol. The van der Waals surface area contributed by atoms with E-state index < -0.39 is 62.5 Å². The van der Waals surface area contributed by atoms with Gasteiger partial charge in [-0.2, -0.15) is 52.7 Å². The molecule has 0 saturated carbocycles. The molecule has 0 amide bonds. The predicted molar refractivity (Wildman–Crippen MR) is 276 cm³/mol. The van der Waals surface area contributed by atoms with Crippen molar-refractivity contribution >= 4 is 63.7 Å². The third-order valence-electron chi connectivity index (χ3n) is 8.35. The summed E-state index contributed by atoms with van der Waals surface area (Å²) in [5, 5.41) is 20.5. The molecule has 89 heavy (non-hydrogen) atoms.